The largest absolute Gasteiger partial charge is 0.354 e. The van der Waals surface area contributed by atoms with Gasteiger partial charge in [0.25, 0.3) is 0 Å². The van der Waals surface area contributed by atoms with Crippen LogP contribution in [0.15, 0.2) is 0 Å². The molecule has 3 atom stereocenters. The Labute approximate surface area is 108 Å². The number of rotatable bonds is 1. The molecular formula is C13H23N3O2. The van der Waals surface area contributed by atoms with Crippen molar-refractivity contribution in [1.82, 2.24) is 10.2 Å². The SMILES string of the molecule is CC1CCC(N)CC1C(=O)N1CCNC(=O)CC1. The maximum Gasteiger partial charge on any atom is 0.226 e. The van der Waals surface area contributed by atoms with E-state index in [2.05, 4.69) is 12.2 Å². The molecule has 1 aliphatic heterocycles. The maximum atomic E-state index is 12.5. The minimum atomic E-state index is 0.0405. The molecule has 3 N–H and O–H groups in total. The van der Waals surface area contributed by atoms with Crippen LogP contribution < -0.4 is 11.1 Å². The molecular weight excluding hydrogens is 230 g/mol. The summed E-state index contributed by atoms with van der Waals surface area (Å²) in [5.74, 6) is 0.680. The smallest absolute Gasteiger partial charge is 0.226 e. The van der Waals surface area contributed by atoms with Crippen LogP contribution >= 0.6 is 0 Å². The zero-order valence-corrected chi connectivity index (χ0v) is 11.0. The van der Waals surface area contributed by atoms with E-state index in [9.17, 15) is 9.59 Å². The van der Waals surface area contributed by atoms with Crippen LogP contribution in [0.25, 0.3) is 0 Å². The Morgan fingerprint density at radius 2 is 2.17 bits per heavy atom. The number of nitrogens with two attached hydrogens (primary N) is 1. The molecule has 1 saturated heterocycles. The van der Waals surface area contributed by atoms with Crippen molar-refractivity contribution in [2.45, 2.75) is 38.6 Å². The second-order valence-electron chi connectivity index (χ2n) is 5.58. The molecule has 0 aromatic carbocycles. The fraction of sp³-hybridized carbons (Fsp3) is 0.846. The van der Waals surface area contributed by atoms with Crippen LogP contribution in [0.4, 0.5) is 0 Å². The third-order valence-electron chi connectivity index (χ3n) is 4.18. The zero-order valence-electron chi connectivity index (χ0n) is 11.0. The van der Waals surface area contributed by atoms with Crippen LogP contribution in [-0.4, -0.2) is 42.4 Å². The van der Waals surface area contributed by atoms with Crippen molar-refractivity contribution in [2.24, 2.45) is 17.6 Å². The molecule has 1 aliphatic carbocycles. The van der Waals surface area contributed by atoms with Gasteiger partial charge in [0.2, 0.25) is 11.8 Å². The van der Waals surface area contributed by atoms with Gasteiger partial charge in [-0.3, -0.25) is 9.59 Å². The van der Waals surface area contributed by atoms with Gasteiger partial charge in [-0.05, 0) is 25.2 Å². The molecule has 3 unspecified atom stereocenters. The van der Waals surface area contributed by atoms with Crippen LogP contribution in [0.5, 0.6) is 0 Å². The van der Waals surface area contributed by atoms with E-state index >= 15 is 0 Å². The van der Waals surface area contributed by atoms with Crippen molar-refractivity contribution in [1.29, 1.82) is 0 Å². The highest BCUT2D eigenvalue weighted by atomic mass is 16.2. The molecule has 0 radical (unpaired) electrons. The molecule has 2 aliphatic rings. The molecule has 0 aromatic rings. The molecule has 1 heterocycles. The first-order valence-corrected chi connectivity index (χ1v) is 6.89. The van der Waals surface area contributed by atoms with Gasteiger partial charge in [-0.15, -0.1) is 0 Å². The monoisotopic (exact) mass is 253 g/mol. The summed E-state index contributed by atoms with van der Waals surface area (Å²) in [7, 11) is 0. The lowest BCUT2D eigenvalue weighted by Gasteiger charge is -2.34. The fourth-order valence-electron chi connectivity index (χ4n) is 2.92. The first kappa shape index (κ1) is 13.3. The molecule has 18 heavy (non-hydrogen) atoms. The lowest BCUT2D eigenvalue weighted by molar-refractivity contribution is -0.138. The Bertz CT molecular complexity index is 332. The van der Waals surface area contributed by atoms with Crippen molar-refractivity contribution in [2.75, 3.05) is 19.6 Å². The number of carbonyl (C=O) groups excluding carboxylic acids is 2. The minimum Gasteiger partial charge on any atom is -0.354 e. The summed E-state index contributed by atoms with van der Waals surface area (Å²) in [6, 6.07) is 0.155. The average Bonchev–Trinajstić information content (AvgIpc) is 2.56. The summed E-state index contributed by atoms with van der Waals surface area (Å²) in [6.07, 6.45) is 3.25. The number of carbonyl (C=O) groups is 2. The van der Waals surface area contributed by atoms with Crippen molar-refractivity contribution in [3.63, 3.8) is 0 Å². The molecule has 5 nitrogen and oxygen atoms in total. The lowest BCUT2D eigenvalue weighted by Crippen LogP contribution is -2.44. The molecule has 0 spiro atoms. The quantitative estimate of drug-likeness (QED) is 0.696. The molecule has 2 fully saturated rings. The second-order valence-corrected chi connectivity index (χ2v) is 5.58. The minimum absolute atomic E-state index is 0.0405. The van der Waals surface area contributed by atoms with E-state index in [0.717, 1.165) is 19.3 Å². The van der Waals surface area contributed by atoms with Gasteiger partial charge in [-0.25, -0.2) is 0 Å². The number of hydrogen-bond acceptors (Lipinski definition) is 3. The van der Waals surface area contributed by atoms with Crippen LogP contribution in [0, 0.1) is 11.8 Å². The predicted molar refractivity (Wildman–Crippen MR) is 68.7 cm³/mol. The highest BCUT2D eigenvalue weighted by Gasteiger charge is 2.34. The molecule has 102 valence electrons. The van der Waals surface area contributed by atoms with Crippen molar-refractivity contribution >= 4 is 11.8 Å². The molecule has 0 aromatic heterocycles. The number of amides is 2. The van der Waals surface area contributed by atoms with Crippen molar-refractivity contribution in [3.8, 4) is 0 Å². The number of nitrogens with zero attached hydrogens (tertiary/aromatic N) is 1. The van der Waals surface area contributed by atoms with E-state index in [1.807, 2.05) is 4.90 Å². The van der Waals surface area contributed by atoms with E-state index in [1.165, 1.54) is 0 Å². The van der Waals surface area contributed by atoms with E-state index in [1.54, 1.807) is 0 Å². The van der Waals surface area contributed by atoms with Gasteiger partial charge < -0.3 is 16.0 Å². The van der Waals surface area contributed by atoms with E-state index in [4.69, 9.17) is 5.73 Å². The molecule has 2 amide bonds. The van der Waals surface area contributed by atoms with Gasteiger partial charge in [0, 0.05) is 38.0 Å². The summed E-state index contributed by atoms with van der Waals surface area (Å²) in [4.78, 5) is 25.6. The Balaban J connectivity index is 1.98. The first-order chi connectivity index (χ1) is 8.58. The molecule has 1 saturated carbocycles. The maximum absolute atomic E-state index is 12.5. The van der Waals surface area contributed by atoms with Crippen LogP contribution in [0.1, 0.15) is 32.6 Å². The first-order valence-electron chi connectivity index (χ1n) is 6.89. The van der Waals surface area contributed by atoms with E-state index in [-0.39, 0.29) is 23.8 Å². The van der Waals surface area contributed by atoms with Gasteiger partial charge in [0.15, 0.2) is 0 Å². The highest BCUT2D eigenvalue weighted by molar-refractivity contribution is 5.81. The van der Waals surface area contributed by atoms with Gasteiger partial charge >= 0.3 is 0 Å². The summed E-state index contributed by atoms with van der Waals surface area (Å²) in [6.45, 7) is 3.87. The second kappa shape index (κ2) is 5.69. The third kappa shape index (κ3) is 3.02. The zero-order chi connectivity index (χ0) is 13.1. The Morgan fingerprint density at radius 3 is 2.94 bits per heavy atom. The molecule has 5 heteroatoms. The van der Waals surface area contributed by atoms with Crippen molar-refractivity contribution in [3.05, 3.63) is 0 Å². The Hall–Kier alpha value is -1.10. The standard InChI is InChI=1S/C13H23N3O2/c1-9-2-3-10(14)8-11(9)13(18)16-6-4-12(17)15-5-7-16/h9-11H,2-8,14H2,1H3,(H,15,17). The lowest BCUT2D eigenvalue weighted by atomic mass is 9.77. The van der Waals surface area contributed by atoms with E-state index in [0.29, 0.717) is 32.0 Å². The number of nitrogens with one attached hydrogen (secondary N) is 1. The van der Waals surface area contributed by atoms with Gasteiger partial charge in [0.1, 0.15) is 0 Å². The van der Waals surface area contributed by atoms with Gasteiger partial charge in [-0.1, -0.05) is 6.92 Å². The summed E-state index contributed by atoms with van der Waals surface area (Å²) in [5.41, 5.74) is 5.97. The summed E-state index contributed by atoms with van der Waals surface area (Å²) >= 11 is 0. The highest BCUT2D eigenvalue weighted by Crippen LogP contribution is 2.30. The Kier molecular flexibility index (Phi) is 4.22. The normalized spacial score (nSPS) is 33.8. The van der Waals surface area contributed by atoms with E-state index < -0.39 is 0 Å². The van der Waals surface area contributed by atoms with Gasteiger partial charge in [0.05, 0.1) is 0 Å². The Morgan fingerprint density at radius 1 is 1.39 bits per heavy atom. The molecule has 0 bridgehead atoms. The number of hydrogen-bond donors (Lipinski definition) is 2. The van der Waals surface area contributed by atoms with Gasteiger partial charge in [-0.2, -0.15) is 0 Å². The molecule has 2 rings (SSSR count). The predicted octanol–water partition coefficient (Wildman–Crippen LogP) is 0.0984. The topological polar surface area (TPSA) is 75.4 Å². The van der Waals surface area contributed by atoms with Crippen LogP contribution in [0.3, 0.4) is 0 Å². The van der Waals surface area contributed by atoms with Crippen LogP contribution in [-0.2, 0) is 9.59 Å². The fourth-order valence-corrected chi connectivity index (χ4v) is 2.92. The summed E-state index contributed by atoms with van der Waals surface area (Å²) in [5, 5.41) is 2.79. The summed E-state index contributed by atoms with van der Waals surface area (Å²) < 4.78 is 0. The van der Waals surface area contributed by atoms with Crippen LogP contribution in [0.2, 0.25) is 0 Å². The average molecular weight is 253 g/mol. The van der Waals surface area contributed by atoms with Crippen molar-refractivity contribution < 1.29 is 9.59 Å². The third-order valence-corrected chi connectivity index (χ3v) is 4.18.